The van der Waals surface area contributed by atoms with Gasteiger partial charge < -0.3 is 14.3 Å². The number of nitrogens with zero attached hydrogens (tertiary/aromatic N) is 2. The van der Waals surface area contributed by atoms with E-state index >= 15 is 0 Å². The van der Waals surface area contributed by atoms with Gasteiger partial charge in [0.2, 0.25) is 5.89 Å². The maximum Gasteiger partial charge on any atom is 0.437 e. The van der Waals surface area contributed by atoms with Crippen LogP contribution >= 0.6 is 11.6 Å². The minimum Gasteiger partial charge on any atom is -0.497 e. The summed E-state index contributed by atoms with van der Waals surface area (Å²) in [5.74, 6) is -1.97. The number of carbonyl (C=O) groups excluding carboxylic acids is 1. The average Bonchev–Trinajstić information content (AvgIpc) is 3.09. The van der Waals surface area contributed by atoms with Gasteiger partial charge in [-0.3, -0.25) is 9.59 Å². The summed E-state index contributed by atoms with van der Waals surface area (Å²) in [6.45, 7) is -0.615. The molecule has 9 heteroatoms. The van der Waals surface area contributed by atoms with Gasteiger partial charge in [0, 0.05) is 23.8 Å². The van der Waals surface area contributed by atoms with Crippen molar-refractivity contribution in [2.75, 3.05) is 7.11 Å². The summed E-state index contributed by atoms with van der Waals surface area (Å²) < 4.78 is 11.1. The second-order valence-electron chi connectivity index (χ2n) is 7.05. The van der Waals surface area contributed by atoms with Crippen molar-refractivity contribution in [2.45, 2.75) is 31.7 Å². The molecule has 0 bridgehead atoms. The lowest BCUT2D eigenvalue weighted by Crippen LogP contribution is -2.21. The highest BCUT2D eigenvalue weighted by Gasteiger charge is 2.24. The van der Waals surface area contributed by atoms with Gasteiger partial charge in [0.05, 0.1) is 7.11 Å². The number of carboxylic acid groups (broad SMARTS) is 1. The van der Waals surface area contributed by atoms with Crippen LogP contribution in [0.4, 0.5) is 0 Å². The number of methoxy groups -OCH3 is 1. The third-order valence-electron chi connectivity index (χ3n) is 4.69. The lowest BCUT2D eigenvalue weighted by Gasteiger charge is -2.13. The number of carboxylic acids is 1. The van der Waals surface area contributed by atoms with Crippen LogP contribution in [0, 0.1) is 0 Å². The van der Waals surface area contributed by atoms with Crippen LogP contribution in [0.25, 0.3) is 0 Å². The van der Waals surface area contributed by atoms with Crippen molar-refractivity contribution >= 4 is 23.4 Å². The van der Waals surface area contributed by atoms with E-state index < -0.39 is 24.2 Å². The maximum absolute atomic E-state index is 12.7. The standard InChI is InChI=1S/C22H21ClN2O6/c1-30-19-8-4-14(5-9-19)10-16(21-24-25(13-20(27)28)22(29)31-21)12-18(26)11-15-2-6-17(23)7-3-15/h2-9,16H,10-13H2,1H3,(H,27,28)/t16-/m1/s1. The zero-order valence-corrected chi connectivity index (χ0v) is 17.5. The van der Waals surface area contributed by atoms with Crippen molar-refractivity contribution in [1.29, 1.82) is 0 Å². The number of halogens is 1. The highest BCUT2D eigenvalue weighted by atomic mass is 35.5. The van der Waals surface area contributed by atoms with Crippen LogP contribution in [0.3, 0.4) is 0 Å². The monoisotopic (exact) mass is 444 g/mol. The van der Waals surface area contributed by atoms with Crippen LogP contribution in [-0.4, -0.2) is 33.7 Å². The van der Waals surface area contributed by atoms with Gasteiger partial charge in [0.1, 0.15) is 18.1 Å². The summed E-state index contributed by atoms with van der Waals surface area (Å²) >= 11 is 5.89. The molecule has 0 aliphatic carbocycles. The highest BCUT2D eigenvalue weighted by molar-refractivity contribution is 6.30. The van der Waals surface area contributed by atoms with Crippen LogP contribution in [0.1, 0.15) is 29.4 Å². The molecule has 0 radical (unpaired) electrons. The van der Waals surface area contributed by atoms with Gasteiger partial charge >= 0.3 is 11.7 Å². The zero-order valence-electron chi connectivity index (χ0n) is 16.8. The zero-order chi connectivity index (χ0) is 22.4. The van der Waals surface area contributed by atoms with E-state index in [1.54, 1.807) is 43.5 Å². The molecule has 3 aromatic rings. The minimum absolute atomic E-state index is 0.0338. The first kappa shape index (κ1) is 22.3. The smallest absolute Gasteiger partial charge is 0.437 e. The van der Waals surface area contributed by atoms with Crippen LogP contribution in [0.5, 0.6) is 5.75 Å². The van der Waals surface area contributed by atoms with Crippen molar-refractivity contribution in [3.8, 4) is 5.75 Å². The molecule has 1 N–H and O–H groups in total. The summed E-state index contributed by atoms with van der Waals surface area (Å²) in [6, 6.07) is 14.3. The third kappa shape index (κ3) is 6.29. The molecule has 1 atom stereocenters. The highest BCUT2D eigenvalue weighted by Crippen LogP contribution is 2.25. The van der Waals surface area contributed by atoms with E-state index in [-0.39, 0.29) is 24.5 Å². The summed E-state index contributed by atoms with van der Waals surface area (Å²) in [5.41, 5.74) is 1.70. The van der Waals surface area contributed by atoms with Gasteiger partial charge in [0.15, 0.2) is 0 Å². The molecule has 3 rings (SSSR count). The summed E-state index contributed by atoms with van der Waals surface area (Å²) in [6.07, 6.45) is 0.640. The molecule has 0 aliphatic heterocycles. The SMILES string of the molecule is COc1ccc(C[C@H](CC(=O)Cc2ccc(Cl)cc2)c2nn(CC(=O)O)c(=O)o2)cc1. The molecule has 0 aliphatic rings. The molecule has 2 aromatic carbocycles. The first-order valence-corrected chi connectivity index (χ1v) is 9.90. The number of aliphatic carboxylic acids is 1. The second kappa shape index (κ2) is 10.1. The van der Waals surface area contributed by atoms with E-state index in [0.717, 1.165) is 15.8 Å². The Morgan fingerprint density at radius 1 is 1.13 bits per heavy atom. The fraction of sp³-hybridized carbons (Fsp3) is 0.273. The van der Waals surface area contributed by atoms with Crippen LogP contribution in [0.2, 0.25) is 5.02 Å². The normalized spacial score (nSPS) is 11.8. The first-order valence-electron chi connectivity index (χ1n) is 9.52. The van der Waals surface area contributed by atoms with Crippen LogP contribution in [-0.2, 0) is 29.0 Å². The number of carbonyl (C=O) groups is 2. The number of ether oxygens (including phenoxy) is 1. The second-order valence-corrected chi connectivity index (χ2v) is 7.49. The minimum atomic E-state index is -1.22. The molecule has 0 amide bonds. The predicted octanol–water partition coefficient (Wildman–Crippen LogP) is 3.11. The molecule has 0 unspecified atom stereocenters. The van der Waals surface area contributed by atoms with E-state index in [9.17, 15) is 14.4 Å². The molecule has 0 saturated heterocycles. The topological polar surface area (TPSA) is 112 Å². The summed E-state index contributed by atoms with van der Waals surface area (Å²) in [4.78, 5) is 35.7. The molecule has 1 heterocycles. The molecule has 0 fully saturated rings. The van der Waals surface area contributed by atoms with E-state index in [2.05, 4.69) is 5.10 Å². The van der Waals surface area contributed by atoms with Crippen molar-refractivity contribution in [2.24, 2.45) is 0 Å². The van der Waals surface area contributed by atoms with Gasteiger partial charge in [-0.2, -0.15) is 4.68 Å². The fourth-order valence-corrected chi connectivity index (χ4v) is 3.31. The summed E-state index contributed by atoms with van der Waals surface area (Å²) in [7, 11) is 1.57. The lowest BCUT2D eigenvalue weighted by molar-refractivity contribution is -0.138. The third-order valence-corrected chi connectivity index (χ3v) is 4.94. The van der Waals surface area contributed by atoms with E-state index in [0.29, 0.717) is 17.2 Å². The molecule has 0 spiro atoms. The molecule has 0 saturated carbocycles. The van der Waals surface area contributed by atoms with Gasteiger partial charge in [-0.25, -0.2) is 4.79 Å². The van der Waals surface area contributed by atoms with E-state index in [1.165, 1.54) is 0 Å². The Hall–Kier alpha value is -3.39. The Morgan fingerprint density at radius 2 is 1.77 bits per heavy atom. The van der Waals surface area contributed by atoms with Crippen LogP contribution in [0.15, 0.2) is 57.7 Å². The maximum atomic E-state index is 12.7. The van der Waals surface area contributed by atoms with E-state index in [1.807, 2.05) is 12.1 Å². The number of aromatic nitrogens is 2. The molecule has 1 aromatic heterocycles. The average molecular weight is 445 g/mol. The first-order chi connectivity index (χ1) is 14.8. The summed E-state index contributed by atoms with van der Waals surface area (Å²) in [5, 5.41) is 13.5. The molecular weight excluding hydrogens is 424 g/mol. The van der Waals surface area contributed by atoms with Crippen molar-refractivity contribution in [3.05, 3.63) is 81.1 Å². The number of ketones is 1. The lowest BCUT2D eigenvalue weighted by atomic mass is 9.92. The Balaban J connectivity index is 1.82. The molecular formula is C22H21ClN2O6. The Bertz CT molecular complexity index is 1100. The number of benzene rings is 2. The van der Waals surface area contributed by atoms with Gasteiger partial charge in [-0.1, -0.05) is 35.9 Å². The number of hydrogen-bond donors (Lipinski definition) is 1. The fourth-order valence-electron chi connectivity index (χ4n) is 3.19. The molecule has 31 heavy (non-hydrogen) atoms. The van der Waals surface area contributed by atoms with Crippen LogP contribution < -0.4 is 10.5 Å². The van der Waals surface area contributed by atoms with Crippen molar-refractivity contribution in [1.82, 2.24) is 9.78 Å². The number of rotatable bonds is 10. The quantitative estimate of drug-likeness (QED) is 0.511. The van der Waals surface area contributed by atoms with Gasteiger partial charge in [-0.05, 0) is 41.8 Å². The Morgan fingerprint density at radius 3 is 2.39 bits per heavy atom. The van der Waals surface area contributed by atoms with E-state index in [4.69, 9.17) is 25.9 Å². The molecule has 8 nitrogen and oxygen atoms in total. The Kier molecular flexibility index (Phi) is 7.25. The van der Waals surface area contributed by atoms with Gasteiger partial charge in [0.25, 0.3) is 0 Å². The number of hydrogen-bond acceptors (Lipinski definition) is 6. The van der Waals surface area contributed by atoms with Crippen molar-refractivity contribution < 1.29 is 23.8 Å². The largest absolute Gasteiger partial charge is 0.497 e. The number of Topliss-reactive ketones (excluding diaryl/α,β-unsaturated/α-hetero) is 1. The van der Waals surface area contributed by atoms with Crippen molar-refractivity contribution in [3.63, 3.8) is 0 Å². The Labute approximate surface area is 183 Å². The predicted molar refractivity (Wildman–Crippen MR) is 113 cm³/mol. The van der Waals surface area contributed by atoms with Gasteiger partial charge in [-0.15, -0.1) is 5.10 Å². The molecule has 162 valence electrons.